The average Bonchev–Trinajstić information content (AvgIpc) is 1.32. The van der Waals surface area contributed by atoms with Crippen molar-refractivity contribution in [1.29, 1.82) is 0 Å². The second-order valence-corrected chi connectivity index (χ2v) is 1.24. The van der Waals surface area contributed by atoms with E-state index in [0.29, 0.717) is 0 Å². The highest BCUT2D eigenvalue weighted by molar-refractivity contribution is 4.60. The standard InChI is InChI=1S/C3H4F2O/c4-3(5)1-2-6-3/h1-2H2. The summed E-state index contributed by atoms with van der Waals surface area (Å²) in [6.45, 7) is 0.215. The predicted octanol–water partition coefficient (Wildman–Crippen LogP) is 0.999. The summed E-state index contributed by atoms with van der Waals surface area (Å²) in [6, 6.07) is 0. The molecule has 0 radical (unpaired) electrons. The quantitative estimate of drug-likeness (QED) is 0.435. The largest absolute Gasteiger partial charge is 0.357 e. The molecule has 0 atom stereocenters. The molecule has 0 bridgehead atoms. The van der Waals surface area contributed by atoms with Crippen LogP contribution in [0.2, 0.25) is 0 Å². The number of hydrogen-bond acceptors (Lipinski definition) is 1. The molecule has 6 heavy (non-hydrogen) atoms. The van der Waals surface area contributed by atoms with Gasteiger partial charge in [-0.15, -0.1) is 0 Å². The van der Waals surface area contributed by atoms with Crippen molar-refractivity contribution in [2.75, 3.05) is 6.61 Å². The summed E-state index contributed by atoms with van der Waals surface area (Å²) >= 11 is 0. The van der Waals surface area contributed by atoms with Gasteiger partial charge in [0.25, 0.3) is 0 Å². The minimum Gasteiger partial charge on any atom is -0.320 e. The lowest BCUT2D eigenvalue weighted by Crippen LogP contribution is -2.33. The Morgan fingerprint density at radius 1 is 1.50 bits per heavy atom. The first-order valence-electron chi connectivity index (χ1n) is 1.72. The maximum Gasteiger partial charge on any atom is 0.357 e. The first-order chi connectivity index (χ1) is 2.71. The van der Waals surface area contributed by atoms with Gasteiger partial charge in [0.1, 0.15) is 0 Å². The van der Waals surface area contributed by atoms with Crippen molar-refractivity contribution >= 4 is 0 Å². The smallest absolute Gasteiger partial charge is 0.320 e. The molecule has 3 heteroatoms. The molecular formula is C3H4F2O. The molecule has 0 aromatic rings. The van der Waals surface area contributed by atoms with Gasteiger partial charge in [-0.25, -0.2) is 0 Å². The fourth-order valence-corrected chi connectivity index (χ4v) is 0.256. The van der Waals surface area contributed by atoms with Crippen LogP contribution in [-0.2, 0) is 4.74 Å². The lowest BCUT2D eigenvalue weighted by atomic mass is 10.3. The molecule has 1 saturated heterocycles. The normalized spacial score (nSPS) is 29.0. The zero-order chi connectivity index (χ0) is 4.62. The molecule has 0 amide bonds. The van der Waals surface area contributed by atoms with E-state index in [1.165, 1.54) is 0 Å². The van der Waals surface area contributed by atoms with Crippen LogP contribution in [0.25, 0.3) is 0 Å². The van der Waals surface area contributed by atoms with Crippen LogP contribution in [0.1, 0.15) is 6.42 Å². The minimum absolute atomic E-state index is 0.104. The Hall–Kier alpha value is -0.180. The summed E-state index contributed by atoms with van der Waals surface area (Å²) in [5.74, 6) is 0. The second-order valence-electron chi connectivity index (χ2n) is 1.24. The maximum atomic E-state index is 11.3. The summed E-state index contributed by atoms with van der Waals surface area (Å²) in [5, 5.41) is 0. The molecule has 0 unspecified atom stereocenters. The van der Waals surface area contributed by atoms with E-state index in [4.69, 9.17) is 0 Å². The van der Waals surface area contributed by atoms with Crippen LogP contribution in [-0.4, -0.2) is 12.7 Å². The van der Waals surface area contributed by atoms with Crippen molar-refractivity contribution in [3.63, 3.8) is 0 Å². The third-order valence-electron chi connectivity index (χ3n) is 0.706. The van der Waals surface area contributed by atoms with E-state index >= 15 is 0 Å². The molecule has 36 valence electrons. The summed E-state index contributed by atoms with van der Waals surface area (Å²) in [5.41, 5.74) is 0. The predicted molar refractivity (Wildman–Crippen MR) is 15.5 cm³/mol. The van der Waals surface area contributed by atoms with Gasteiger partial charge < -0.3 is 4.74 Å². The fraction of sp³-hybridized carbons (Fsp3) is 1.00. The molecule has 1 rings (SSSR count). The number of alkyl halides is 2. The number of halogens is 2. The van der Waals surface area contributed by atoms with E-state index in [1.807, 2.05) is 0 Å². The van der Waals surface area contributed by atoms with Crippen molar-refractivity contribution in [2.45, 2.75) is 12.5 Å². The molecule has 0 spiro atoms. The van der Waals surface area contributed by atoms with Crippen molar-refractivity contribution in [3.8, 4) is 0 Å². The number of hydrogen-bond donors (Lipinski definition) is 0. The Morgan fingerprint density at radius 2 is 1.83 bits per heavy atom. The highest BCUT2D eigenvalue weighted by Gasteiger charge is 2.38. The molecule has 0 aromatic heterocycles. The van der Waals surface area contributed by atoms with Gasteiger partial charge in [-0.05, 0) is 0 Å². The lowest BCUT2D eigenvalue weighted by molar-refractivity contribution is -0.313. The van der Waals surface area contributed by atoms with Gasteiger partial charge in [-0.3, -0.25) is 0 Å². The van der Waals surface area contributed by atoms with Crippen LogP contribution in [0.4, 0.5) is 8.78 Å². The van der Waals surface area contributed by atoms with Gasteiger partial charge >= 0.3 is 6.11 Å². The van der Waals surface area contributed by atoms with Crippen molar-refractivity contribution in [1.82, 2.24) is 0 Å². The van der Waals surface area contributed by atoms with Gasteiger partial charge in [0, 0.05) is 0 Å². The number of rotatable bonds is 0. The van der Waals surface area contributed by atoms with E-state index in [1.54, 1.807) is 0 Å². The van der Waals surface area contributed by atoms with Gasteiger partial charge in [-0.2, -0.15) is 8.78 Å². The molecule has 0 aromatic carbocycles. The van der Waals surface area contributed by atoms with Gasteiger partial charge in [0.05, 0.1) is 13.0 Å². The van der Waals surface area contributed by atoms with E-state index < -0.39 is 6.11 Å². The monoisotopic (exact) mass is 94.0 g/mol. The summed E-state index contributed by atoms with van der Waals surface area (Å²) in [4.78, 5) is 0. The molecule has 1 aliphatic heterocycles. The fourth-order valence-electron chi connectivity index (χ4n) is 0.256. The molecule has 1 heterocycles. The molecular weight excluding hydrogens is 90.0 g/mol. The van der Waals surface area contributed by atoms with Crippen LogP contribution in [0, 0.1) is 0 Å². The highest BCUT2D eigenvalue weighted by atomic mass is 19.3. The topological polar surface area (TPSA) is 9.23 Å². The Labute approximate surface area is 33.9 Å². The first kappa shape index (κ1) is 3.99. The van der Waals surface area contributed by atoms with Crippen molar-refractivity contribution < 1.29 is 13.5 Å². The second kappa shape index (κ2) is 0.904. The first-order valence-corrected chi connectivity index (χ1v) is 1.72. The molecule has 0 N–H and O–H groups in total. The zero-order valence-electron chi connectivity index (χ0n) is 3.08. The third kappa shape index (κ3) is 0.497. The van der Waals surface area contributed by atoms with Crippen LogP contribution < -0.4 is 0 Å². The Bertz CT molecular complexity index is 55.8. The van der Waals surface area contributed by atoms with Crippen molar-refractivity contribution in [2.24, 2.45) is 0 Å². The van der Waals surface area contributed by atoms with Crippen LogP contribution in [0.3, 0.4) is 0 Å². The van der Waals surface area contributed by atoms with E-state index in [-0.39, 0.29) is 13.0 Å². The summed E-state index contributed by atoms with van der Waals surface area (Å²) < 4.78 is 26.4. The minimum atomic E-state index is -2.78. The Morgan fingerprint density at radius 3 is 1.83 bits per heavy atom. The van der Waals surface area contributed by atoms with Crippen molar-refractivity contribution in [3.05, 3.63) is 0 Å². The molecule has 1 nitrogen and oxygen atoms in total. The number of ether oxygens (including phenoxy) is 1. The molecule has 1 fully saturated rings. The molecule has 0 saturated carbocycles. The maximum absolute atomic E-state index is 11.3. The molecule has 0 aliphatic carbocycles. The van der Waals surface area contributed by atoms with Crippen LogP contribution >= 0.6 is 0 Å². The van der Waals surface area contributed by atoms with Gasteiger partial charge in [0.15, 0.2) is 0 Å². The summed E-state index contributed by atoms with van der Waals surface area (Å²) in [6.07, 6.45) is -2.88. The highest BCUT2D eigenvalue weighted by Crippen LogP contribution is 2.28. The zero-order valence-corrected chi connectivity index (χ0v) is 3.08. The SMILES string of the molecule is FC1(F)CCO1. The van der Waals surface area contributed by atoms with Crippen LogP contribution in [0.15, 0.2) is 0 Å². The third-order valence-corrected chi connectivity index (χ3v) is 0.706. The Kier molecular flexibility index (Phi) is 0.602. The summed E-state index contributed by atoms with van der Waals surface area (Å²) in [7, 11) is 0. The Balaban J connectivity index is 2.31. The molecule has 1 aliphatic rings. The van der Waals surface area contributed by atoms with Gasteiger partial charge in [0.2, 0.25) is 0 Å². The van der Waals surface area contributed by atoms with Crippen LogP contribution in [0.5, 0.6) is 0 Å². The average molecular weight is 94.1 g/mol. The van der Waals surface area contributed by atoms with E-state index in [9.17, 15) is 8.78 Å². The lowest BCUT2D eigenvalue weighted by Gasteiger charge is -2.24. The van der Waals surface area contributed by atoms with E-state index in [2.05, 4.69) is 4.74 Å². The van der Waals surface area contributed by atoms with Gasteiger partial charge in [-0.1, -0.05) is 0 Å². The van der Waals surface area contributed by atoms with E-state index in [0.717, 1.165) is 0 Å².